The number of nitrogens with zero attached hydrogens (tertiary/aromatic N) is 2. The largest absolute Gasteiger partial charge is 0.443 e. The number of carbonyl (C=O) groups is 1. The molecule has 2 aromatic carbocycles. The molecule has 0 radical (unpaired) electrons. The maximum Gasteiger partial charge on any atom is 0.419 e. The second-order valence-corrected chi connectivity index (χ2v) is 8.39. The van der Waals surface area contributed by atoms with Crippen LogP contribution in [-0.2, 0) is 4.74 Å². The van der Waals surface area contributed by atoms with Crippen molar-refractivity contribution in [2.75, 3.05) is 0 Å². The van der Waals surface area contributed by atoms with E-state index in [0.717, 1.165) is 21.9 Å². The summed E-state index contributed by atoms with van der Waals surface area (Å²) >= 11 is 0. The predicted molar refractivity (Wildman–Crippen MR) is 114 cm³/mol. The Morgan fingerprint density at radius 1 is 1.10 bits per heavy atom. The number of halogens is 1. The molecule has 2 aromatic heterocycles. The summed E-state index contributed by atoms with van der Waals surface area (Å²) in [7, 11) is 0. The third-order valence-corrected chi connectivity index (χ3v) is 5.00. The SMILES string of the molecule is Cc1cnccc1C(O)c1ccc2c3ccc(F)cc3n(C(=O)OC(C)(C)C)c2c1. The van der Waals surface area contributed by atoms with E-state index < -0.39 is 23.6 Å². The molecule has 5 nitrogen and oxygen atoms in total. The number of aryl methyl sites for hydroxylation is 1. The number of carbonyl (C=O) groups excluding carboxylic acids is 1. The predicted octanol–water partition coefficient (Wildman–Crippen LogP) is 5.50. The van der Waals surface area contributed by atoms with Crippen molar-refractivity contribution in [2.45, 2.75) is 39.4 Å². The molecule has 4 aromatic rings. The zero-order chi connectivity index (χ0) is 21.6. The zero-order valence-electron chi connectivity index (χ0n) is 17.3. The Hall–Kier alpha value is -3.25. The van der Waals surface area contributed by atoms with Crippen molar-refractivity contribution in [3.8, 4) is 0 Å². The molecular formula is C24H23FN2O3. The van der Waals surface area contributed by atoms with Gasteiger partial charge in [0.15, 0.2) is 0 Å². The molecule has 0 saturated heterocycles. The Kier molecular flexibility index (Phi) is 4.82. The summed E-state index contributed by atoms with van der Waals surface area (Å²) in [6.45, 7) is 7.22. The first kappa shape index (κ1) is 20.0. The Morgan fingerprint density at radius 2 is 1.77 bits per heavy atom. The minimum absolute atomic E-state index is 0.422. The van der Waals surface area contributed by atoms with E-state index in [9.17, 15) is 14.3 Å². The minimum atomic E-state index is -0.890. The van der Waals surface area contributed by atoms with Crippen LogP contribution in [0.5, 0.6) is 0 Å². The van der Waals surface area contributed by atoms with Crippen molar-refractivity contribution in [3.63, 3.8) is 0 Å². The number of ether oxygens (including phenoxy) is 1. The highest BCUT2D eigenvalue weighted by molar-refractivity contribution is 6.12. The van der Waals surface area contributed by atoms with Gasteiger partial charge in [-0.15, -0.1) is 0 Å². The fraction of sp³-hybridized carbons (Fsp3) is 0.250. The minimum Gasteiger partial charge on any atom is -0.443 e. The summed E-state index contributed by atoms with van der Waals surface area (Å²) in [5.41, 5.74) is 2.47. The van der Waals surface area contributed by atoms with Gasteiger partial charge in [0.1, 0.15) is 17.5 Å². The fourth-order valence-corrected chi connectivity index (χ4v) is 3.65. The van der Waals surface area contributed by atoms with E-state index in [2.05, 4.69) is 4.98 Å². The van der Waals surface area contributed by atoms with Gasteiger partial charge < -0.3 is 9.84 Å². The van der Waals surface area contributed by atoms with Crippen LogP contribution in [0, 0.1) is 12.7 Å². The molecule has 1 atom stereocenters. The van der Waals surface area contributed by atoms with E-state index in [1.807, 2.05) is 19.1 Å². The quantitative estimate of drug-likeness (QED) is 0.477. The topological polar surface area (TPSA) is 64.4 Å². The number of hydrogen-bond acceptors (Lipinski definition) is 4. The van der Waals surface area contributed by atoms with Crippen molar-refractivity contribution < 1.29 is 19.0 Å². The van der Waals surface area contributed by atoms with Crippen LogP contribution in [0.3, 0.4) is 0 Å². The van der Waals surface area contributed by atoms with E-state index >= 15 is 0 Å². The summed E-state index contributed by atoms with van der Waals surface area (Å²) in [6, 6.07) is 11.5. The lowest BCUT2D eigenvalue weighted by Crippen LogP contribution is -2.27. The Labute approximate surface area is 173 Å². The first-order valence-corrected chi connectivity index (χ1v) is 9.71. The van der Waals surface area contributed by atoms with Gasteiger partial charge in [-0.05, 0) is 74.7 Å². The van der Waals surface area contributed by atoms with Gasteiger partial charge in [0, 0.05) is 23.2 Å². The summed E-state index contributed by atoms with van der Waals surface area (Å²) in [4.78, 5) is 17.1. The van der Waals surface area contributed by atoms with Gasteiger partial charge in [0.25, 0.3) is 0 Å². The third-order valence-electron chi connectivity index (χ3n) is 5.00. The average molecular weight is 406 g/mol. The molecule has 154 valence electrons. The number of hydrogen-bond donors (Lipinski definition) is 1. The lowest BCUT2D eigenvalue weighted by Gasteiger charge is -2.20. The highest BCUT2D eigenvalue weighted by Crippen LogP contribution is 2.34. The van der Waals surface area contributed by atoms with Gasteiger partial charge in [-0.1, -0.05) is 12.1 Å². The van der Waals surface area contributed by atoms with Crippen LogP contribution < -0.4 is 0 Å². The third kappa shape index (κ3) is 3.55. The second-order valence-electron chi connectivity index (χ2n) is 8.39. The smallest absolute Gasteiger partial charge is 0.419 e. The molecule has 1 N–H and O–H groups in total. The van der Waals surface area contributed by atoms with Crippen LogP contribution in [0.25, 0.3) is 21.8 Å². The lowest BCUT2D eigenvalue weighted by molar-refractivity contribution is 0.0551. The van der Waals surface area contributed by atoms with Crippen LogP contribution in [0.15, 0.2) is 54.9 Å². The van der Waals surface area contributed by atoms with Crippen molar-refractivity contribution >= 4 is 27.9 Å². The van der Waals surface area contributed by atoms with E-state index in [4.69, 9.17) is 4.74 Å². The van der Waals surface area contributed by atoms with E-state index in [0.29, 0.717) is 16.6 Å². The number of aliphatic hydroxyl groups excluding tert-OH is 1. The fourth-order valence-electron chi connectivity index (χ4n) is 3.65. The summed E-state index contributed by atoms with van der Waals surface area (Å²) in [5.74, 6) is -0.442. The molecule has 0 aliphatic heterocycles. The first-order valence-electron chi connectivity index (χ1n) is 9.71. The molecule has 4 rings (SSSR count). The van der Waals surface area contributed by atoms with Crippen LogP contribution >= 0.6 is 0 Å². The number of fused-ring (bicyclic) bond motifs is 3. The monoisotopic (exact) mass is 406 g/mol. The molecule has 0 bridgehead atoms. The first-order chi connectivity index (χ1) is 14.2. The second kappa shape index (κ2) is 7.22. The Balaban J connectivity index is 1.94. The van der Waals surface area contributed by atoms with Crippen molar-refractivity contribution in [3.05, 3.63) is 77.4 Å². The van der Waals surface area contributed by atoms with E-state index in [-0.39, 0.29) is 0 Å². The van der Waals surface area contributed by atoms with Crippen LogP contribution in [0.1, 0.15) is 43.6 Å². The molecule has 0 saturated carbocycles. The van der Waals surface area contributed by atoms with Crippen LogP contribution in [0.2, 0.25) is 0 Å². The molecule has 0 amide bonds. The van der Waals surface area contributed by atoms with Gasteiger partial charge in [0.05, 0.1) is 11.0 Å². The maximum atomic E-state index is 14.0. The van der Waals surface area contributed by atoms with E-state index in [1.165, 1.54) is 16.7 Å². The molecule has 2 heterocycles. The molecule has 30 heavy (non-hydrogen) atoms. The van der Waals surface area contributed by atoms with Crippen molar-refractivity contribution in [1.29, 1.82) is 0 Å². The number of benzene rings is 2. The maximum absolute atomic E-state index is 14.0. The van der Waals surface area contributed by atoms with Gasteiger partial charge in [-0.2, -0.15) is 0 Å². The Morgan fingerprint density at radius 3 is 2.43 bits per heavy atom. The Bertz CT molecular complexity index is 1270. The van der Waals surface area contributed by atoms with Gasteiger partial charge >= 0.3 is 6.09 Å². The summed E-state index contributed by atoms with van der Waals surface area (Å²) < 4.78 is 21.0. The highest BCUT2D eigenvalue weighted by Gasteiger charge is 2.24. The van der Waals surface area contributed by atoms with Gasteiger partial charge in [-0.25, -0.2) is 13.8 Å². The van der Waals surface area contributed by atoms with E-state index in [1.54, 1.807) is 51.4 Å². The molecule has 0 aliphatic carbocycles. The van der Waals surface area contributed by atoms with Crippen molar-refractivity contribution in [1.82, 2.24) is 9.55 Å². The molecule has 1 unspecified atom stereocenters. The number of rotatable bonds is 2. The number of aliphatic hydroxyl groups is 1. The zero-order valence-corrected chi connectivity index (χ0v) is 17.3. The number of pyridine rings is 1. The standard InChI is InChI=1S/C24H23FN2O3/c1-14-13-26-10-9-17(14)22(28)15-5-7-18-19-8-6-16(25)12-21(19)27(20(18)11-15)23(29)30-24(2,3)4/h5-13,22,28H,1-4H3. The average Bonchev–Trinajstić information content (AvgIpc) is 2.99. The summed E-state index contributed by atoms with van der Waals surface area (Å²) in [6.07, 6.45) is 1.83. The molecule has 0 spiro atoms. The van der Waals surface area contributed by atoms with Gasteiger partial charge in [-0.3, -0.25) is 4.98 Å². The summed E-state index contributed by atoms with van der Waals surface area (Å²) in [5, 5.41) is 12.5. The normalized spacial score (nSPS) is 13.0. The van der Waals surface area contributed by atoms with Crippen LogP contribution in [-0.4, -0.2) is 26.4 Å². The molecule has 0 aliphatic rings. The molecule has 6 heteroatoms. The lowest BCUT2D eigenvalue weighted by atomic mass is 9.98. The van der Waals surface area contributed by atoms with Crippen LogP contribution in [0.4, 0.5) is 9.18 Å². The van der Waals surface area contributed by atoms with Crippen molar-refractivity contribution in [2.24, 2.45) is 0 Å². The molecular weight excluding hydrogens is 383 g/mol. The van der Waals surface area contributed by atoms with Gasteiger partial charge in [0.2, 0.25) is 0 Å². The molecule has 0 fully saturated rings. The number of aromatic nitrogens is 2. The highest BCUT2D eigenvalue weighted by atomic mass is 19.1.